The van der Waals surface area contributed by atoms with Crippen molar-refractivity contribution >= 4 is 11.7 Å². The lowest BCUT2D eigenvalue weighted by molar-refractivity contribution is -0.126. The number of piperidine rings is 1. The molecule has 1 aliphatic heterocycles. The van der Waals surface area contributed by atoms with Gasteiger partial charge in [-0.3, -0.25) is 9.59 Å². The summed E-state index contributed by atoms with van der Waals surface area (Å²) in [6, 6.07) is 0. The number of carbonyl (C=O) groups is 2. The Morgan fingerprint density at radius 2 is 2.25 bits per heavy atom. The molecule has 1 saturated heterocycles. The van der Waals surface area contributed by atoms with E-state index in [1.54, 1.807) is 0 Å². The quantitative estimate of drug-likeness (QED) is 0.755. The van der Waals surface area contributed by atoms with Crippen molar-refractivity contribution in [2.45, 2.75) is 33.1 Å². The number of rotatable bonds is 5. The maximum atomic E-state index is 11.5. The molecule has 0 spiro atoms. The zero-order valence-electron chi connectivity index (χ0n) is 10.3. The lowest BCUT2D eigenvalue weighted by Crippen LogP contribution is -2.42. The van der Waals surface area contributed by atoms with Gasteiger partial charge in [0.25, 0.3) is 0 Å². The van der Waals surface area contributed by atoms with Crippen LogP contribution >= 0.6 is 0 Å². The second-order valence-electron chi connectivity index (χ2n) is 4.33. The van der Waals surface area contributed by atoms with Crippen molar-refractivity contribution in [3.8, 4) is 0 Å². The van der Waals surface area contributed by atoms with Crippen LogP contribution in [0.15, 0.2) is 0 Å². The largest absolute Gasteiger partial charge is 0.356 e. The highest BCUT2D eigenvalue weighted by molar-refractivity contribution is 5.82. The normalized spacial score (nSPS) is 22.1. The van der Waals surface area contributed by atoms with E-state index in [0.717, 1.165) is 26.1 Å². The summed E-state index contributed by atoms with van der Waals surface area (Å²) in [4.78, 5) is 25.0. The van der Waals surface area contributed by atoms with Gasteiger partial charge < -0.3 is 10.2 Å². The van der Waals surface area contributed by atoms with E-state index in [0.29, 0.717) is 25.2 Å². The van der Waals surface area contributed by atoms with Crippen LogP contribution in [0.4, 0.5) is 0 Å². The Morgan fingerprint density at radius 1 is 1.50 bits per heavy atom. The lowest BCUT2D eigenvalue weighted by atomic mass is 9.94. The molecule has 4 nitrogen and oxygen atoms in total. The molecule has 1 aliphatic rings. The fourth-order valence-corrected chi connectivity index (χ4v) is 2.08. The van der Waals surface area contributed by atoms with Gasteiger partial charge in [-0.2, -0.15) is 0 Å². The molecule has 1 N–H and O–H groups in total. The average Bonchev–Trinajstić information content (AvgIpc) is 2.28. The van der Waals surface area contributed by atoms with Crippen molar-refractivity contribution in [1.29, 1.82) is 0 Å². The number of nitrogens with one attached hydrogen (secondary N) is 1. The molecule has 4 heteroatoms. The van der Waals surface area contributed by atoms with E-state index < -0.39 is 0 Å². The van der Waals surface area contributed by atoms with Gasteiger partial charge in [-0.1, -0.05) is 6.92 Å². The van der Waals surface area contributed by atoms with Gasteiger partial charge in [0.2, 0.25) is 5.91 Å². The zero-order valence-corrected chi connectivity index (χ0v) is 10.3. The fourth-order valence-electron chi connectivity index (χ4n) is 2.08. The average molecular weight is 226 g/mol. The maximum absolute atomic E-state index is 11.5. The molecule has 1 fully saturated rings. The Kier molecular flexibility index (Phi) is 5.46. The summed E-state index contributed by atoms with van der Waals surface area (Å²) in [5, 5.41) is 2.79. The van der Waals surface area contributed by atoms with Crippen LogP contribution in [0.25, 0.3) is 0 Å². The van der Waals surface area contributed by atoms with E-state index >= 15 is 0 Å². The molecular formula is C12H22N2O2. The molecule has 0 radical (unpaired) electrons. The smallest absolute Gasteiger partial charge is 0.221 e. The lowest BCUT2D eigenvalue weighted by Gasteiger charge is -2.30. The van der Waals surface area contributed by atoms with Crippen LogP contribution in [0.2, 0.25) is 0 Å². The van der Waals surface area contributed by atoms with Crippen LogP contribution in [0.5, 0.6) is 0 Å². The summed E-state index contributed by atoms with van der Waals surface area (Å²) in [5.74, 6) is 0.673. The fraction of sp³-hybridized carbons (Fsp3) is 0.833. The molecule has 1 unspecified atom stereocenters. The monoisotopic (exact) mass is 226 g/mol. The van der Waals surface area contributed by atoms with Gasteiger partial charge in [0, 0.05) is 44.9 Å². The highest BCUT2D eigenvalue weighted by atomic mass is 16.1. The number of hydrogen-bond acceptors (Lipinski definition) is 3. The van der Waals surface area contributed by atoms with Crippen molar-refractivity contribution in [2.24, 2.45) is 5.92 Å². The Morgan fingerprint density at radius 3 is 2.88 bits per heavy atom. The van der Waals surface area contributed by atoms with Crippen molar-refractivity contribution in [3.05, 3.63) is 0 Å². The number of nitrogens with zero attached hydrogens (tertiary/aromatic N) is 1. The molecule has 16 heavy (non-hydrogen) atoms. The Balaban J connectivity index is 2.28. The second kappa shape index (κ2) is 6.63. The minimum Gasteiger partial charge on any atom is -0.356 e. The minimum atomic E-state index is 0.104. The third-order valence-electron chi connectivity index (χ3n) is 3.13. The number of amides is 1. The first-order valence-electron chi connectivity index (χ1n) is 6.19. The van der Waals surface area contributed by atoms with Gasteiger partial charge in [-0.25, -0.2) is 0 Å². The number of hydrogen-bond donors (Lipinski definition) is 1. The number of likely N-dealkylation sites (tertiary alicyclic amines) is 1. The summed E-state index contributed by atoms with van der Waals surface area (Å²) in [6.45, 7) is 7.08. The first kappa shape index (κ1) is 13.2. The summed E-state index contributed by atoms with van der Waals surface area (Å²) >= 11 is 0. The van der Waals surface area contributed by atoms with Crippen LogP contribution in [0, 0.1) is 5.92 Å². The maximum Gasteiger partial charge on any atom is 0.221 e. The van der Waals surface area contributed by atoms with Gasteiger partial charge in [-0.15, -0.1) is 0 Å². The van der Waals surface area contributed by atoms with E-state index in [1.165, 1.54) is 0 Å². The van der Waals surface area contributed by atoms with Crippen molar-refractivity contribution < 1.29 is 9.59 Å². The summed E-state index contributed by atoms with van der Waals surface area (Å²) in [5.41, 5.74) is 0. The van der Waals surface area contributed by atoms with Gasteiger partial charge in [0.05, 0.1) is 0 Å². The predicted molar refractivity (Wildman–Crippen MR) is 63.1 cm³/mol. The van der Waals surface area contributed by atoms with Crippen molar-refractivity contribution in [3.63, 3.8) is 0 Å². The Bertz CT molecular complexity index is 253. The van der Waals surface area contributed by atoms with E-state index in [4.69, 9.17) is 0 Å². The second-order valence-corrected chi connectivity index (χ2v) is 4.33. The highest BCUT2D eigenvalue weighted by Crippen LogP contribution is 2.15. The van der Waals surface area contributed by atoms with Crippen LogP contribution < -0.4 is 5.32 Å². The molecule has 0 saturated carbocycles. The van der Waals surface area contributed by atoms with Crippen molar-refractivity contribution in [1.82, 2.24) is 10.2 Å². The summed E-state index contributed by atoms with van der Waals surface area (Å²) < 4.78 is 0. The van der Waals surface area contributed by atoms with Crippen LogP contribution in [0.3, 0.4) is 0 Å². The van der Waals surface area contributed by atoms with Gasteiger partial charge in [0.15, 0.2) is 0 Å². The van der Waals surface area contributed by atoms with Gasteiger partial charge in [0.1, 0.15) is 5.78 Å². The molecule has 0 aromatic rings. The molecule has 1 heterocycles. The standard InChI is InChI=1S/C12H22N2O2/c1-3-10-9-14(7-5-11(10)15)8-6-12(16)13-4-2/h10H,3-9H2,1-2H3,(H,13,16). The zero-order chi connectivity index (χ0) is 12.0. The van der Waals surface area contributed by atoms with Crippen LogP contribution in [-0.2, 0) is 9.59 Å². The molecule has 1 rings (SSSR count). The van der Waals surface area contributed by atoms with Crippen molar-refractivity contribution in [2.75, 3.05) is 26.2 Å². The minimum absolute atomic E-state index is 0.104. The topological polar surface area (TPSA) is 49.4 Å². The summed E-state index contributed by atoms with van der Waals surface area (Å²) in [7, 11) is 0. The molecule has 0 aliphatic carbocycles. The van der Waals surface area contributed by atoms with Crippen LogP contribution in [-0.4, -0.2) is 42.8 Å². The molecular weight excluding hydrogens is 204 g/mol. The molecule has 92 valence electrons. The summed E-state index contributed by atoms with van der Waals surface area (Å²) in [6.07, 6.45) is 2.10. The van der Waals surface area contributed by atoms with E-state index in [2.05, 4.69) is 17.1 Å². The highest BCUT2D eigenvalue weighted by Gasteiger charge is 2.25. The predicted octanol–water partition coefficient (Wildman–Crippen LogP) is 0.814. The van der Waals surface area contributed by atoms with E-state index in [1.807, 2.05) is 6.92 Å². The molecule has 1 atom stereocenters. The van der Waals surface area contributed by atoms with Gasteiger partial charge >= 0.3 is 0 Å². The number of ketones is 1. The SMILES string of the molecule is CCNC(=O)CCN1CCC(=O)C(CC)C1. The first-order valence-corrected chi connectivity index (χ1v) is 6.19. The number of Topliss-reactive ketones (excluding diaryl/α,β-unsaturated/α-hetero) is 1. The Hall–Kier alpha value is -0.900. The molecule has 1 amide bonds. The first-order chi connectivity index (χ1) is 7.67. The molecule has 0 aromatic heterocycles. The van der Waals surface area contributed by atoms with Crippen LogP contribution in [0.1, 0.15) is 33.1 Å². The van der Waals surface area contributed by atoms with E-state index in [-0.39, 0.29) is 11.8 Å². The molecule has 0 bridgehead atoms. The molecule has 0 aromatic carbocycles. The third-order valence-corrected chi connectivity index (χ3v) is 3.13. The van der Waals surface area contributed by atoms with Gasteiger partial charge in [-0.05, 0) is 13.3 Å². The third kappa shape index (κ3) is 3.93. The number of carbonyl (C=O) groups excluding carboxylic acids is 2. The van der Waals surface area contributed by atoms with E-state index in [9.17, 15) is 9.59 Å². The Labute approximate surface area is 97.4 Å².